The number of carbonyl (C=O) groups excluding carboxylic acids is 1. The van der Waals surface area contributed by atoms with Crippen LogP contribution in [0.4, 0.5) is 5.82 Å². The highest BCUT2D eigenvalue weighted by atomic mass is 35.5. The van der Waals surface area contributed by atoms with E-state index in [1.807, 2.05) is 6.92 Å². The van der Waals surface area contributed by atoms with E-state index < -0.39 is 0 Å². The van der Waals surface area contributed by atoms with Gasteiger partial charge in [0.15, 0.2) is 0 Å². The highest BCUT2D eigenvalue weighted by Gasteiger charge is 2.10. The quantitative estimate of drug-likeness (QED) is 0.815. The monoisotopic (exact) mass is 329 g/mol. The lowest BCUT2D eigenvalue weighted by atomic mass is 10.2. The molecule has 0 aliphatic heterocycles. The number of aromatic nitrogens is 2. The molecule has 0 aliphatic carbocycles. The van der Waals surface area contributed by atoms with Crippen LogP contribution in [0.3, 0.4) is 0 Å². The van der Waals surface area contributed by atoms with Gasteiger partial charge < -0.3 is 5.32 Å². The first-order valence-corrected chi connectivity index (χ1v) is 7.74. The minimum Gasteiger partial charge on any atom is -0.310 e. The van der Waals surface area contributed by atoms with Gasteiger partial charge in [0, 0.05) is 15.5 Å². The SMILES string of the molecule is CCc1cn[nH]c1NC(=O)CSc1cc(Cl)ccc1Cl. The van der Waals surface area contributed by atoms with Crippen molar-refractivity contribution in [2.45, 2.75) is 18.2 Å². The molecule has 0 bridgehead atoms. The lowest BCUT2D eigenvalue weighted by Crippen LogP contribution is -2.15. The predicted molar refractivity (Wildman–Crippen MR) is 83.8 cm³/mol. The molecule has 1 heterocycles. The molecule has 106 valence electrons. The number of thioether (sulfide) groups is 1. The Bertz CT molecular complexity index is 615. The van der Waals surface area contributed by atoms with Gasteiger partial charge in [-0.25, -0.2) is 0 Å². The van der Waals surface area contributed by atoms with Crippen LogP contribution in [-0.2, 0) is 11.2 Å². The van der Waals surface area contributed by atoms with E-state index in [0.29, 0.717) is 15.9 Å². The maximum absolute atomic E-state index is 11.9. The molecule has 0 saturated carbocycles. The number of nitrogens with zero attached hydrogens (tertiary/aromatic N) is 1. The number of H-pyrrole nitrogens is 1. The molecule has 0 unspecified atom stereocenters. The number of hydrogen-bond donors (Lipinski definition) is 2. The van der Waals surface area contributed by atoms with Gasteiger partial charge in [-0.3, -0.25) is 9.89 Å². The van der Waals surface area contributed by atoms with E-state index in [0.717, 1.165) is 16.9 Å². The lowest BCUT2D eigenvalue weighted by molar-refractivity contribution is -0.113. The topological polar surface area (TPSA) is 57.8 Å². The summed E-state index contributed by atoms with van der Waals surface area (Å²) in [6.07, 6.45) is 2.51. The second-order valence-corrected chi connectivity index (χ2v) is 5.90. The first kappa shape index (κ1) is 15.2. The number of aryl methyl sites for hydroxylation is 1. The van der Waals surface area contributed by atoms with E-state index in [2.05, 4.69) is 15.5 Å². The van der Waals surface area contributed by atoms with Crippen molar-refractivity contribution < 1.29 is 4.79 Å². The van der Waals surface area contributed by atoms with Gasteiger partial charge in [-0.05, 0) is 24.6 Å². The third kappa shape index (κ3) is 3.91. The zero-order valence-electron chi connectivity index (χ0n) is 10.7. The van der Waals surface area contributed by atoms with Crippen LogP contribution in [0.25, 0.3) is 0 Å². The van der Waals surface area contributed by atoms with Crippen LogP contribution in [-0.4, -0.2) is 21.9 Å². The number of carbonyl (C=O) groups is 1. The zero-order valence-corrected chi connectivity index (χ0v) is 13.1. The molecule has 7 heteroatoms. The average molecular weight is 330 g/mol. The maximum Gasteiger partial charge on any atom is 0.235 e. The van der Waals surface area contributed by atoms with Gasteiger partial charge in [0.2, 0.25) is 5.91 Å². The number of hydrogen-bond acceptors (Lipinski definition) is 3. The van der Waals surface area contributed by atoms with Crippen LogP contribution < -0.4 is 5.32 Å². The van der Waals surface area contributed by atoms with Gasteiger partial charge in [0.1, 0.15) is 5.82 Å². The molecule has 0 fully saturated rings. The van der Waals surface area contributed by atoms with Crippen LogP contribution in [0.2, 0.25) is 10.0 Å². The normalized spacial score (nSPS) is 10.6. The number of aromatic amines is 1. The van der Waals surface area contributed by atoms with Crippen molar-refractivity contribution in [1.82, 2.24) is 10.2 Å². The summed E-state index contributed by atoms with van der Waals surface area (Å²) in [5.41, 5.74) is 0.976. The van der Waals surface area contributed by atoms with E-state index in [1.165, 1.54) is 11.8 Å². The van der Waals surface area contributed by atoms with Gasteiger partial charge in [-0.1, -0.05) is 30.1 Å². The molecule has 0 atom stereocenters. The molecule has 20 heavy (non-hydrogen) atoms. The van der Waals surface area contributed by atoms with Crippen LogP contribution >= 0.6 is 35.0 Å². The van der Waals surface area contributed by atoms with Crippen molar-refractivity contribution in [2.75, 3.05) is 11.1 Å². The fourth-order valence-corrected chi connectivity index (χ4v) is 2.89. The highest BCUT2D eigenvalue weighted by molar-refractivity contribution is 8.00. The minimum absolute atomic E-state index is 0.120. The van der Waals surface area contributed by atoms with Crippen molar-refractivity contribution in [2.24, 2.45) is 0 Å². The molecule has 2 aromatic rings. The fraction of sp³-hybridized carbons (Fsp3) is 0.231. The molecule has 1 aromatic carbocycles. The van der Waals surface area contributed by atoms with Gasteiger partial charge in [-0.15, -0.1) is 11.8 Å². The molecule has 0 radical (unpaired) electrons. The summed E-state index contributed by atoms with van der Waals surface area (Å²) in [6.45, 7) is 2.00. The molecule has 0 aliphatic rings. The van der Waals surface area contributed by atoms with Crippen molar-refractivity contribution in [3.05, 3.63) is 40.0 Å². The third-order valence-electron chi connectivity index (χ3n) is 2.62. The van der Waals surface area contributed by atoms with Gasteiger partial charge in [-0.2, -0.15) is 5.10 Å². The van der Waals surface area contributed by atoms with Gasteiger partial charge in [0.25, 0.3) is 0 Å². The average Bonchev–Trinajstić information content (AvgIpc) is 2.87. The Labute approximate surface area is 131 Å². The van der Waals surface area contributed by atoms with Crippen LogP contribution in [0.5, 0.6) is 0 Å². The molecule has 2 rings (SSSR count). The number of rotatable bonds is 5. The van der Waals surface area contributed by atoms with Crippen molar-refractivity contribution in [3.8, 4) is 0 Å². The number of benzene rings is 1. The van der Waals surface area contributed by atoms with Gasteiger partial charge in [0.05, 0.1) is 17.0 Å². The Hall–Kier alpha value is -1.17. The summed E-state index contributed by atoms with van der Waals surface area (Å²) < 4.78 is 0. The molecule has 2 N–H and O–H groups in total. The molecule has 1 aromatic heterocycles. The van der Waals surface area contributed by atoms with Crippen molar-refractivity contribution in [1.29, 1.82) is 0 Å². The number of halogens is 2. The summed E-state index contributed by atoms with van der Waals surface area (Å²) in [5.74, 6) is 0.780. The Morgan fingerprint density at radius 1 is 1.45 bits per heavy atom. The number of amides is 1. The maximum atomic E-state index is 11.9. The highest BCUT2D eigenvalue weighted by Crippen LogP contribution is 2.29. The summed E-state index contributed by atoms with van der Waals surface area (Å²) in [5, 5.41) is 10.6. The molecule has 0 spiro atoms. The Kier molecular flexibility index (Phi) is 5.34. The van der Waals surface area contributed by atoms with Crippen LogP contribution in [0.1, 0.15) is 12.5 Å². The Morgan fingerprint density at radius 2 is 2.25 bits per heavy atom. The largest absolute Gasteiger partial charge is 0.310 e. The number of nitrogens with one attached hydrogen (secondary N) is 2. The van der Waals surface area contributed by atoms with E-state index >= 15 is 0 Å². The second kappa shape index (κ2) is 7.02. The summed E-state index contributed by atoms with van der Waals surface area (Å²) >= 11 is 13.3. The second-order valence-electron chi connectivity index (χ2n) is 4.04. The summed E-state index contributed by atoms with van der Waals surface area (Å²) in [6, 6.07) is 5.18. The Morgan fingerprint density at radius 3 is 3.00 bits per heavy atom. The van der Waals surface area contributed by atoms with Crippen LogP contribution in [0, 0.1) is 0 Å². The van der Waals surface area contributed by atoms with Crippen molar-refractivity contribution >= 4 is 46.7 Å². The lowest BCUT2D eigenvalue weighted by Gasteiger charge is -2.06. The summed E-state index contributed by atoms with van der Waals surface area (Å²) in [7, 11) is 0. The molecular weight excluding hydrogens is 317 g/mol. The van der Waals surface area contributed by atoms with Gasteiger partial charge >= 0.3 is 0 Å². The molecule has 1 amide bonds. The Balaban J connectivity index is 1.94. The van der Waals surface area contributed by atoms with Crippen LogP contribution in [0.15, 0.2) is 29.3 Å². The molecule has 0 saturated heterocycles. The zero-order chi connectivity index (χ0) is 14.5. The predicted octanol–water partition coefficient (Wildman–Crippen LogP) is 4.01. The number of anilines is 1. The van der Waals surface area contributed by atoms with E-state index in [1.54, 1.807) is 24.4 Å². The van der Waals surface area contributed by atoms with E-state index in [4.69, 9.17) is 23.2 Å². The minimum atomic E-state index is -0.120. The van der Waals surface area contributed by atoms with E-state index in [9.17, 15) is 4.79 Å². The molecule has 4 nitrogen and oxygen atoms in total. The standard InChI is InChI=1S/C13H13Cl2N3OS/c1-2-8-6-16-18-13(8)17-12(19)7-20-11-5-9(14)3-4-10(11)15/h3-6H,2,7H2,1H3,(H2,16,17,18,19). The smallest absolute Gasteiger partial charge is 0.235 e. The fourth-order valence-electron chi connectivity index (χ4n) is 1.59. The molecular formula is C13H13Cl2N3OS. The summed E-state index contributed by atoms with van der Waals surface area (Å²) in [4.78, 5) is 12.7. The van der Waals surface area contributed by atoms with Crippen molar-refractivity contribution in [3.63, 3.8) is 0 Å². The first-order chi connectivity index (χ1) is 9.60. The third-order valence-corrected chi connectivity index (χ3v) is 4.35. The first-order valence-electron chi connectivity index (χ1n) is 6.00. The van der Waals surface area contributed by atoms with E-state index in [-0.39, 0.29) is 11.7 Å².